The number of nitrogens with zero attached hydrogens (tertiary/aromatic N) is 1. The van der Waals surface area contributed by atoms with Gasteiger partial charge in [-0.25, -0.2) is 17.5 Å². The van der Waals surface area contributed by atoms with Crippen molar-refractivity contribution in [3.8, 4) is 0 Å². The molecule has 0 amide bonds. The predicted molar refractivity (Wildman–Crippen MR) is 131 cm³/mol. The molecule has 6 nitrogen and oxygen atoms in total. The van der Waals surface area contributed by atoms with E-state index in [0.29, 0.717) is 17.8 Å². The Morgan fingerprint density at radius 1 is 1.15 bits per heavy atom. The second-order valence-corrected chi connectivity index (χ2v) is 10.7. The summed E-state index contributed by atoms with van der Waals surface area (Å²) in [5, 5.41) is 0.916. The Balaban J connectivity index is 1.97. The lowest BCUT2D eigenvalue weighted by Gasteiger charge is -2.24. The zero-order valence-corrected chi connectivity index (χ0v) is 20.3. The van der Waals surface area contributed by atoms with E-state index >= 15 is 0 Å². The summed E-state index contributed by atoms with van der Waals surface area (Å²) in [7, 11) is -3.87. The zero-order valence-electron chi connectivity index (χ0n) is 19.5. The van der Waals surface area contributed by atoms with Crippen LogP contribution in [0, 0.1) is 12.8 Å². The fourth-order valence-corrected chi connectivity index (χ4v) is 5.87. The second kappa shape index (κ2) is 9.06. The van der Waals surface area contributed by atoms with Gasteiger partial charge in [0.1, 0.15) is 5.82 Å². The minimum Gasteiger partial charge on any atom is -0.463 e. The molecule has 0 bridgehead atoms. The first-order valence-electron chi connectivity index (χ1n) is 11.3. The average Bonchev–Trinajstić information content (AvgIpc) is 3.06. The lowest BCUT2D eigenvalue weighted by molar-refractivity contribution is -0.138. The Hall–Kier alpha value is -3.06. The number of ether oxygens (including phenoxy) is 1. The van der Waals surface area contributed by atoms with Crippen LogP contribution in [0.4, 0.5) is 5.82 Å². The lowest BCUT2D eigenvalue weighted by atomic mass is 9.83. The highest BCUT2D eigenvalue weighted by atomic mass is 32.2. The van der Waals surface area contributed by atoms with E-state index in [1.165, 1.54) is 4.31 Å². The number of esters is 1. The highest BCUT2D eigenvalue weighted by Crippen LogP contribution is 2.45. The summed E-state index contributed by atoms with van der Waals surface area (Å²) in [6.07, 6.45) is 2.41. The molecule has 1 atom stereocenters. The smallest absolute Gasteiger partial charge is 0.334 e. The molecule has 1 unspecified atom stereocenters. The number of anilines is 1. The van der Waals surface area contributed by atoms with E-state index in [1.807, 2.05) is 31.2 Å². The molecule has 0 radical (unpaired) electrons. The number of hydrogen-bond acceptors (Lipinski definition) is 4. The molecule has 0 saturated carbocycles. The third-order valence-electron chi connectivity index (χ3n) is 6.00. The van der Waals surface area contributed by atoms with Gasteiger partial charge in [0, 0.05) is 28.0 Å². The van der Waals surface area contributed by atoms with Crippen molar-refractivity contribution in [2.45, 2.75) is 44.9 Å². The number of hydrogen-bond donors (Lipinski definition) is 1. The van der Waals surface area contributed by atoms with Crippen LogP contribution in [0.3, 0.4) is 0 Å². The molecule has 0 saturated heterocycles. The molecule has 1 aromatic heterocycles. The van der Waals surface area contributed by atoms with Gasteiger partial charge in [-0.3, -0.25) is 0 Å². The number of aromatic amines is 1. The van der Waals surface area contributed by atoms with Gasteiger partial charge in [0.25, 0.3) is 10.0 Å². The van der Waals surface area contributed by atoms with E-state index in [1.54, 1.807) is 37.3 Å². The van der Waals surface area contributed by atoms with Gasteiger partial charge in [-0.1, -0.05) is 55.8 Å². The molecule has 1 aliphatic heterocycles. The summed E-state index contributed by atoms with van der Waals surface area (Å²) >= 11 is 0. The van der Waals surface area contributed by atoms with Gasteiger partial charge >= 0.3 is 5.97 Å². The molecule has 0 fully saturated rings. The first kappa shape index (κ1) is 23.1. The van der Waals surface area contributed by atoms with Crippen LogP contribution >= 0.6 is 0 Å². The van der Waals surface area contributed by atoms with E-state index in [0.717, 1.165) is 22.0 Å². The maximum atomic E-state index is 13.8. The Morgan fingerprint density at radius 3 is 2.52 bits per heavy atom. The van der Waals surface area contributed by atoms with Crippen LogP contribution in [-0.4, -0.2) is 32.5 Å². The van der Waals surface area contributed by atoms with Crippen LogP contribution in [0.1, 0.15) is 44.2 Å². The third-order valence-corrected chi connectivity index (χ3v) is 7.78. The largest absolute Gasteiger partial charge is 0.463 e. The van der Waals surface area contributed by atoms with E-state index < -0.39 is 16.0 Å². The third kappa shape index (κ3) is 4.29. The number of fused-ring (bicyclic) bond motifs is 3. The number of aromatic nitrogens is 1. The Labute approximate surface area is 195 Å². The Kier molecular flexibility index (Phi) is 6.34. The molecular formula is C26H30N2O4S. The molecule has 1 aliphatic rings. The number of aryl methyl sites for hydroxylation is 1. The highest BCUT2D eigenvalue weighted by Gasteiger charge is 2.37. The van der Waals surface area contributed by atoms with Gasteiger partial charge in [0.05, 0.1) is 18.0 Å². The van der Waals surface area contributed by atoms with Crippen LogP contribution in [0.25, 0.3) is 10.9 Å². The van der Waals surface area contributed by atoms with Crippen molar-refractivity contribution in [1.29, 1.82) is 0 Å². The summed E-state index contributed by atoms with van der Waals surface area (Å²) in [4.78, 5) is 16.6. The molecule has 0 spiro atoms. The van der Waals surface area contributed by atoms with E-state index in [-0.39, 0.29) is 29.9 Å². The number of sulfonamides is 1. The maximum absolute atomic E-state index is 13.8. The first-order chi connectivity index (χ1) is 15.7. The average molecular weight is 467 g/mol. The summed E-state index contributed by atoms with van der Waals surface area (Å²) in [5.74, 6) is 0.120. The molecule has 2 heterocycles. The fourth-order valence-electron chi connectivity index (χ4n) is 4.48. The van der Waals surface area contributed by atoms with Crippen molar-refractivity contribution < 1.29 is 17.9 Å². The summed E-state index contributed by atoms with van der Waals surface area (Å²) in [5.41, 5.74) is 3.16. The van der Waals surface area contributed by atoms with Crippen molar-refractivity contribution in [2.24, 2.45) is 5.92 Å². The summed E-state index contributed by atoms with van der Waals surface area (Å²) in [6.45, 7) is 8.20. The van der Waals surface area contributed by atoms with Crippen LogP contribution in [-0.2, 0) is 19.6 Å². The SMILES string of the molecule is CCOC(=O)C1=CCN(S(=O)(=O)c2ccc(C)cc2)c2[nH]c3ccccc3c2C1CC(C)C. The zero-order chi connectivity index (χ0) is 23.8. The topological polar surface area (TPSA) is 79.5 Å². The molecule has 3 aromatic rings. The molecule has 4 rings (SSSR count). The molecule has 7 heteroatoms. The molecular weight excluding hydrogens is 436 g/mol. The second-order valence-electron chi connectivity index (χ2n) is 8.84. The van der Waals surface area contributed by atoms with Crippen LogP contribution in [0.5, 0.6) is 0 Å². The van der Waals surface area contributed by atoms with Gasteiger partial charge in [-0.2, -0.15) is 0 Å². The van der Waals surface area contributed by atoms with Crippen LogP contribution in [0.15, 0.2) is 65.1 Å². The molecule has 174 valence electrons. The minimum absolute atomic E-state index is 0.0405. The van der Waals surface area contributed by atoms with Gasteiger partial charge in [-0.15, -0.1) is 0 Å². The summed E-state index contributed by atoms with van der Waals surface area (Å²) in [6, 6.07) is 14.6. The van der Waals surface area contributed by atoms with Gasteiger partial charge in [0.15, 0.2) is 0 Å². The molecule has 0 aliphatic carbocycles. The molecule has 2 aromatic carbocycles. The maximum Gasteiger partial charge on any atom is 0.334 e. The van der Waals surface area contributed by atoms with Gasteiger partial charge in [-0.05, 0) is 44.4 Å². The number of H-pyrrole nitrogens is 1. The fraction of sp³-hybridized carbons (Fsp3) is 0.346. The van der Waals surface area contributed by atoms with Crippen molar-refractivity contribution in [2.75, 3.05) is 17.5 Å². The number of carbonyl (C=O) groups excluding carboxylic acids is 1. The number of rotatable bonds is 6. The standard InChI is InChI=1S/C26H30N2O4S/c1-5-32-26(29)20-14-15-28(33(30,31)19-12-10-18(4)11-13-19)25-24(22(20)16-17(2)3)21-8-6-7-9-23(21)27-25/h6-14,17,22,27H,5,15-16H2,1-4H3. The highest BCUT2D eigenvalue weighted by molar-refractivity contribution is 7.92. The van der Waals surface area contributed by atoms with Crippen LogP contribution in [0.2, 0.25) is 0 Å². The van der Waals surface area contributed by atoms with Gasteiger partial charge in [0.2, 0.25) is 0 Å². The predicted octanol–water partition coefficient (Wildman–Crippen LogP) is 5.30. The Morgan fingerprint density at radius 2 is 1.85 bits per heavy atom. The van der Waals surface area contributed by atoms with E-state index in [4.69, 9.17) is 4.74 Å². The number of benzene rings is 2. The van der Waals surface area contributed by atoms with Crippen molar-refractivity contribution in [1.82, 2.24) is 4.98 Å². The quantitative estimate of drug-likeness (QED) is 0.500. The molecule has 1 N–H and O–H groups in total. The first-order valence-corrected chi connectivity index (χ1v) is 12.7. The lowest BCUT2D eigenvalue weighted by Crippen LogP contribution is -2.31. The van der Waals surface area contributed by atoms with Crippen LogP contribution < -0.4 is 4.31 Å². The van der Waals surface area contributed by atoms with Crippen molar-refractivity contribution in [3.63, 3.8) is 0 Å². The van der Waals surface area contributed by atoms with Gasteiger partial charge < -0.3 is 9.72 Å². The normalized spacial score (nSPS) is 16.5. The minimum atomic E-state index is -3.87. The monoisotopic (exact) mass is 466 g/mol. The van der Waals surface area contributed by atoms with E-state index in [2.05, 4.69) is 18.8 Å². The molecule has 33 heavy (non-hydrogen) atoms. The van der Waals surface area contributed by atoms with Crippen molar-refractivity contribution >= 4 is 32.7 Å². The Bertz CT molecular complexity index is 1300. The number of para-hydroxylation sites is 1. The summed E-state index contributed by atoms with van der Waals surface area (Å²) < 4.78 is 34.3. The number of carbonyl (C=O) groups is 1. The van der Waals surface area contributed by atoms with E-state index in [9.17, 15) is 13.2 Å². The van der Waals surface area contributed by atoms with Crippen molar-refractivity contribution in [3.05, 3.63) is 71.3 Å². The number of nitrogens with one attached hydrogen (secondary N) is 1.